The molecule has 0 saturated heterocycles. The summed E-state index contributed by atoms with van der Waals surface area (Å²) in [7, 11) is 3.26. The highest BCUT2D eigenvalue weighted by Gasteiger charge is 2.23. The average Bonchev–Trinajstić information content (AvgIpc) is 2.85. The Bertz CT molecular complexity index is 985. The average molecular weight is 364 g/mol. The van der Waals surface area contributed by atoms with Gasteiger partial charge in [0.1, 0.15) is 11.5 Å². The predicted molar refractivity (Wildman–Crippen MR) is 101 cm³/mol. The van der Waals surface area contributed by atoms with Gasteiger partial charge >= 0.3 is 0 Å². The summed E-state index contributed by atoms with van der Waals surface area (Å²) in [5.74, 6) is 1.97. The number of ether oxygens (including phenoxy) is 3. The summed E-state index contributed by atoms with van der Waals surface area (Å²) < 4.78 is 16.1. The number of fused-ring (bicyclic) bond motifs is 2. The van der Waals surface area contributed by atoms with Gasteiger partial charge in [-0.2, -0.15) is 0 Å². The first kappa shape index (κ1) is 17.1. The van der Waals surface area contributed by atoms with Gasteiger partial charge in [0.15, 0.2) is 6.61 Å². The van der Waals surface area contributed by atoms with E-state index in [9.17, 15) is 4.79 Å². The zero-order valence-electron chi connectivity index (χ0n) is 15.3. The summed E-state index contributed by atoms with van der Waals surface area (Å²) in [6.07, 6.45) is 0. The standard InChI is InChI=1S/C21H20N2O4/c1-25-17-6-3-14(4-7-17)11-23-12-16-9-15-5-8-18(26-2)10-19(15)22-21(16)27-13-20(23)24/h3-10H,11-13H2,1-2H3. The molecule has 0 radical (unpaired) electrons. The molecule has 1 amide bonds. The van der Waals surface area contributed by atoms with Gasteiger partial charge in [0.25, 0.3) is 5.91 Å². The summed E-state index contributed by atoms with van der Waals surface area (Å²) in [5, 5.41) is 0.983. The van der Waals surface area contributed by atoms with Crippen LogP contribution in [0.15, 0.2) is 48.5 Å². The number of benzene rings is 2. The smallest absolute Gasteiger partial charge is 0.261 e. The Kier molecular flexibility index (Phi) is 4.54. The molecular weight excluding hydrogens is 344 g/mol. The van der Waals surface area contributed by atoms with Crippen LogP contribution in [0.4, 0.5) is 0 Å². The van der Waals surface area contributed by atoms with Crippen molar-refractivity contribution in [3.05, 3.63) is 59.7 Å². The molecular formula is C21H20N2O4. The normalized spacial score (nSPS) is 13.7. The number of pyridine rings is 1. The van der Waals surface area contributed by atoms with Gasteiger partial charge in [-0.15, -0.1) is 0 Å². The van der Waals surface area contributed by atoms with Gasteiger partial charge in [-0.1, -0.05) is 12.1 Å². The first-order valence-electron chi connectivity index (χ1n) is 8.67. The van der Waals surface area contributed by atoms with Gasteiger partial charge in [0.05, 0.1) is 26.3 Å². The minimum absolute atomic E-state index is 0.0222. The molecule has 0 saturated carbocycles. The summed E-state index contributed by atoms with van der Waals surface area (Å²) in [5.41, 5.74) is 2.71. The van der Waals surface area contributed by atoms with Gasteiger partial charge in [0, 0.05) is 23.6 Å². The van der Waals surface area contributed by atoms with Crippen molar-refractivity contribution in [2.24, 2.45) is 0 Å². The largest absolute Gasteiger partial charge is 0.497 e. The molecule has 0 atom stereocenters. The van der Waals surface area contributed by atoms with Crippen molar-refractivity contribution in [2.75, 3.05) is 20.8 Å². The van der Waals surface area contributed by atoms with Gasteiger partial charge in [-0.25, -0.2) is 4.98 Å². The number of rotatable bonds is 4. The number of hydrogen-bond donors (Lipinski definition) is 0. The van der Waals surface area contributed by atoms with E-state index >= 15 is 0 Å². The third kappa shape index (κ3) is 3.51. The lowest BCUT2D eigenvalue weighted by Gasteiger charge is -2.20. The minimum atomic E-state index is -0.0644. The van der Waals surface area contributed by atoms with Gasteiger partial charge < -0.3 is 19.1 Å². The summed E-state index contributed by atoms with van der Waals surface area (Å²) >= 11 is 0. The van der Waals surface area contributed by atoms with Crippen LogP contribution in [0.3, 0.4) is 0 Å². The molecule has 0 fully saturated rings. The first-order chi connectivity index (χ1) is 13.2. The van der Waals surface area contributed by atoms with Gasteiger partial charge in [0.2, 0.25) is 5.88 Å². The molecule has 1 aromatic heterocycles. The van der Waals surface area contributed by atoms with Gasteiger partial charge in [-0.05, 0) is 35.9 Å². The number of carbonyl (C=O) groups excluding carboxylic acids is 1. The topological polar surface area (TPSA) is 60.9 Å². The number of carbonyl (C=O) groups is 1. The maximum absolute atomic E-state index is 12.5. The fourth-order valence-corrected chi connectivity index (χ4v) is 3.15. The van der Waals surface area contributed by atoms with Crippen molar-refractivity contribution in [3.8, 4) is 17.4 Å². The monoisotopic (exact) mass is 364 g/mol. The van der Waals surface area contributed by atoms with E-state index in [1.165, 1.54) is 0 Å². The molecule has 0 unspecified atom stereocenters. The Balaban J connectivity index is 1.63. The second-order valence-corrected chi connectivity index (χ2v) is 6.40. The number of hydrogen-bond acceptors (Lipinski definition) is 5. The Hall–Kier alpha value is -3.28. The van der Waals surface area contributed by atoms with E-state index in [0.717, 1.165) is 33.5 Å². The maximum atomic E-state index is 12.5. The van der Waals surface area contributed by atoms with Crippen molar-refractivity contribution < 1.29 is 19.0 Å². The Labute approximate surface area is 157 Å². The highest BCUT2D eigenvalue weighted by atomic mass is 16.5. The molecule has 0 spiro atoms. The van der Waals surface area contributed by atoms with Crippen LogP contribution < -0.4 is 14.2 Å². The number of aromatic nitrogens is 1. The third-order valence-electron chi connectivity index (χ3n) is 4.64. The predicted octanol–water partition coefficient (Wildman–Crippen LogP) is 3.17. The van der Waals surface area contributed by atoms with Crippen molar-refractivity contribution in [3.63, 3.8) is 0 Å². The van der Waals surface area contributed by atoms with E-state index in [0.29, 0.717) is 19.0 Å². The van der Waals surface area contributed by atoms with E-state index < -0.39 is 0 Å². The SMILES string of the molecule is COc1ccc(CN2Cc3cc4ccc(OC)cc4nc3OCC2=O)cc1. The van der Waals surface area contributed by atoms with Crippen molar-refractivity contribution in [1.82, 2.24) is 9.88 Å². The van der Waals surface area contributed by atoms with Crippen molar-refractivity contribution >= 4 is 16.8 Å². The fourth-order valence-electron chi connectivity index (χ4n) is 3.15. The van der Waals surface area contributed by atoms with Crippen LogP contribution in [0.5, 0.6) is 17.4 Å². The quantitative estimate of drug-likeness (QED) is 0.712. The molecule has 2 aromatic carbocycles. The molecule has 6 nitrogen and oxygen atoms in total. The van der Waals surface area contributed by atoms with Crippen LogP contribution in [0.2, 0.25) is 0 Å². The Morgan fingerprint density at radius 2 is 1.78 bits per heavy atom. The van der Waals surface area contributed by atoms with Crippen LogP contribution in [-0.2, 0) is 17.9 Å². The van der Waals surface area contributed by atoms with E-state index in [4.69, 9.17) is 14.2 Å². The molecule has 1 aliphatic rings. The third-order valence-corrected chi connectivity index (χ3v) is 4.64. The van der Waals surface area contributed by atoms with Crippen LogP contribution in [0.1, 0.15) is 11.1 Å². The van der Waals surface area contributed by atoms with Crippen LogP contribution in [0, 0.1) is 0 Å². The Morgan fingerprint density at radius 1 is 1.04 bits per heavy atom. The highest BCUT2D eigenvalue weighted by molar-refractivity contribution is 5.83. The maximum Gasteiger partial charge on any atom is 0.261 e. The molecule has 6 heteroatoms. The zero-order valence-corrected chi connectivity index (χ0v) is 15.3. The van der Waals surface area contributed by atoms with Gasteiger partial charge in [-0.3, -0.25) is 4.79 Å². The summed E-state index contributed by atoms with van der Waals surface area (Å²) in [6.45, 7) is 0.938. The fraction of sp³-hybridized carbons (Fsp3) is 0.238. The number of nitrogens with zero attached hydrogens (tertiary/aromatic N) is 2. The molecule has 27 heavy (non-hydrogen) atoms. The lowest BCUT2D eigenvalue weighted by molar-refractivity contribution is -0.133. The van der Waals surface area contributed by atoms with Crippen LogP contribution in [0.25, 0.3) is 10.9 Å². The number of methoxy groups -OCH3 is 2. The molecule has 3 aromatic rings. The minimum Gasteiger partial charge on any atom is -0.497 e. The van der Waals surface area contributed by atoms with Crippen LogP contribution in [-0.4, -0.2) is 36.6 Å². The Morgan fingerprint density at radius 3 is 2.52 bits per heavy atom. The molecule has 2 heterocycles. The molecule has 0 aliphatic carbocycles. The zero-order chi connectivity index (χ0) is 18.8. The van der Waals surface area contributed by atoms with E-state index in [-0.39, 0.29) is 12.5 Å². The first-order valence-corrected chi connectivity index (χ1v) is 8.67. The molecule has 138 valence electrons. The second-order valence-electron chi connectivity index (χ2n) is 6.40. The second kappa shape index (κ2) is 7.15. The van der Waals surface area contributed by atoms with E-state index in [1.807, 2.05) is 48.5 Å². The van der Waals surface area contributed by atoms with E-state index in [2.05, 4.69) is 4.98 Å². The van der Waals surface area contributed by atoms with Crippen molar-refractivity contribution in [2.45, 2.75) is 13.1 Å². The molecule has 1 aliphatic heterocycles. The molecule has 0 bridgehead atoms. The lowest BCUT2D eigenvalue weighted by Crippen LogP contribution is -2.31. The number of amides is 1. The molecule has 4 rings (SSSR count). The lowest BCUT2D eigenvalue weighted by atomic mass is 10.1. The molecule has 0 N–H and O–H groups in total. The summed E-state index contributed by atoms with van der Waals surface area (Å²) in [4.78, 5) is 18.9. The van der Waals surface area contributed by atoms with E-state index in [1.54, 1.807) is 19.1 Å². The highest BCUT2D eigenvalue weighted by Crippen LogP contribution is 2.28. The van der Waals surface area contributed by atoms with Crippen LogP contribution >= 0.6 is 0 Å². The summed E-state index contributed by atoms with van der Waals surface area (Å²) in [6, 6.07) is 15.5. The van der Waals surface area contributed by atoms with Crippen molar-refractivity contribution in [1.29, 1.82) is 0 Å².